The SMILES string of the molecule is Cc1cccc(C2(C(=O)N[C@H](C)c3ccc(N4CCCCC4)cc3)CCOCC2)c1. The van der Waals surface area contributed by atoms with E-state index in [0.29, 0.717) is 13.2 Å². The average Bonchev–Trinajstić information content (AvgIpc) is 2.80. The molecule has 1 N–H and O–H groups in total. The van der Waals surface area contributed by atoms with Crippen molar-refractivity contribution < 1.29 is 9.53 Å². The number of hydrogen-bond acceptors (Lipinski definition) is 3. The molecular weight excluding hydrogens is 372 g/mol. The highest BCUT2D eigenvalue weighted by atomic mass is 16.5. The number of carbonyl (C=O) groups excluding carboxylic acids is 1. The Morgan fingerprint density at radius 1 is 1.03 bits per heavy atom. The molecule has 0 aromatic heterocycles. The molecular formula is C26H34N2O2. The van der Waals surface area contributed by atoms with Crippen molar-refractivity contribution in [2.24, 2.45) is 0 Å². The van der Waals surface area contributed by atoms with Crippen molar-refractivity contribution in [3.63, 3.8) is 0 Å². The first-order valence-corrected chi connectivity index (χ1v) is 11.4. The fourth-order valence-corrected chi connectivity index (χ4v) is 4.85. The van der Waals surface area contributed by atoms with Crippen LogP contribution in [-0.2, 0) is 14.9 Å². The van der Waals surface area contributed by atoms with Gasteiger partial charge in [-0.05, 0) is 69.2 Å². The van der Waals surface area contributed by atoms with Crippen molar-refractivity contribution >= 4 is 11.6 Å². The molecule has 0 spiro atoms. The number of aryl methyl sites for hydroxylation is 1. The maximum absolute atomic E-state index is 13.6. The van der Waals surface area contributed by atoms with Gasteiger partial charge in [-0.1, -0.05) is 42.0 Å². The van der Waals surface area contributed by atoms with Crippen LogP contribution in [0.2, 0.25) is 0 Å². The molecule has 2 aromatic carbocycles. The smallest absolute Gasteiger partial charge is 0.231 e. The lowest BCUT2D eigenvalue weighted by atomic mass is 9.73. The van der Waals surface area contributed by atoms with E-state index in [0.717, 1.165) is 37.1 Å². The van der Waals surface area contributed by atoms with Gasteiger partial charge in [0, 0.05) is 32.0 Å². The fourth-order valence-electron chi connectivity index (χ4n) is 4.85. The minimum absolute atomic E-state index is 0.0302. The number of ether oxygens (including phenoxy) is 1. The van der Waals surface area contributed by atoms with Gasteiger partial charge < -0.3 is 15.0 Å². The number of nitrogens with one attached hydrogen (secondary N) is 1. The van der Waals surface area contributed by atoms with Crippen LogP contribution in [0.1, 0.15) is 61.8 Å². The van der Waals surface area contributed by atoms with E-state index in [1.54, 1.807) is 0 Å². The Kier molecular flexibility index (Phi) is 6.43. The van der Waals surface area contributed by atoms with E-state index >= 15 is 0 Å². The van der Waals surface area contributed by atoms with Crippen molar-refractivity contribution in [1.82, 2.24) is 5.32 Å². The van der Waals surface area contributed by atoms with Gasteiger partial charge in [-0.2, -0.15) is 0 Å². The fraction of sp³-hybridized carbons (Fsp3) is 0.500. The van der Waals surface area contributed by atoms with Gasteiger partial charge in [0.2, 0.25) is 5.91 Å². The molecule has 2 fully saturated rings. The molecule has 0 radical (unpaired) electrons. The molecule has 4 nitrogen and oxygen atoms in total. The molecule has 1 amide bonds. The molecule has 2 saturated heterocycles. The van der Waals surface area contributed by atoms with E-state index < -0.39 is 5.41 Å². The first kappa shape index (κ1) is 20.9. The van der Waals surface area contributed by atoms with Crippen molar-refractivity contribution in [2.45, 2.75) is 57.4 Å². The average molecular weight is 407 g/mol. The molecule has 2 aromatic rings. The molecule has 0 unspecified atom stereocenters. The van der Waals surface area contributed by atoms with Crippen LogP contribution >= 0.6 is 0 Å². The van der Waals surface area contributed by atoms with Gasteiger partial charge in [-0.15, -0.1) is 0 Å². The normalized spacial score (nSPS) is 19.9. The zero-order valence-electron chi connectivity index (χ0n) is 18.3. The van der Waals surface area contributed by atoms with E-state index in [9.17, 15) is 4.79 Å². The van der Waals surface area contributed by atoms with Crippen molar-refractivity contribution in [2.75, 3.05) is 31.2 Å². The summed E-state index contributed by atoms with van der Waals surface area (Å²) in [6, 6.07) is 17.1. The number of nitrogens with zero attached hydrogens (tertiary/aromatic N) is 1. The summed E-state index contributed by atoms with van der Waals surface area (Å²) in [5.74, 6) is 0.115. The van der Waals surface area contributed by atoms with Crippen LogP contribution in [0.4, 0.5) is 5.69 Å². The summed E-state index contributed by atoms with van der Waals surface area (Å²) < 4.78 is 5.60. The topological polar surface area (TPSA) is 41.6 Å². The van der Waals surface area contributed by atoms with Gasteiger partial charge >= 0.3 is 0 Å². The van der Waals surface area contributed by atoms with Crippen LogP contribution in [0.5, 0.6) is 0 Å². The van der Waals surface area contributed by atoms with Crippen LogP contribution < -0.4 is 10.2 Å². The molecule has 4 heteroatoms. The predicted molar refractivity (Wildman–Crippen MR) is 122 cm³/mol. The summed E-state index contributed by atoms with van der Waals surface area (Å²) in [4.78, 5) is 16.0. The molecule has 0 bridgehead atoms. The first-order valence-electron chi connectivity index (χ1n) is 11.4. The number of benzene rings is 2. The number of piperidine rings is 1. The standard InChI is InChI=1S/C26H34N2O2/c1-20-7-6-8-23(19-20)26(13-17-30-18-14-26)25(29)27-21(2)22-9-11-24(12-10-22)28-15-4-3-5-16-28/h6-12,19,21H,3-5,13-18H2,1-2H3,(H,27,29)/t21-/m1/s1. The van der Waals surface area contributed by atoms with Gasteiger partial charge in [0.25, 0.3) is 0 Å². The van der Waals surface area contributed by atoms with Crippen molar-refractivity contribution in [3.8, 4) is 0 Å². The third-order valence-electron chi connectivity index (χ3n) is 6.81. The van der Waals surface area contributed by atoms with E-state index in [4.69, 9.17) is 4.74 Å². The molecule has 0 aliphatic carbocycles. The lowest BCUT2D eigenvalue weighted by Gasteiger charge is -2.37. The lowest BCUT2D eigenvalue weighted by molar-refractivity contribution is -0.131. The number of carbonyl (C=O) groups is 1. The van der Waals surface area contributed by atoms with Gasteiger partial charge in [0.05, 0.1) is 11.5 Å². The molecule has 0 saturated carbocycles. The Hall–Kier alpha value is -2.33. The summed E-state index contributed by atoms with van der Waals surface area (Å²) in [7, 11) is 0. The Balaban J connectivity index is 1.49. The second kappa shape index (κ2) is 9.22. The summed E-state index contributed by atoms with van der Waals surface area (Å²) in [6.45, 7) is 7.71. The maximum Gasteiger partial charge on any atom is 0.231 e. The van der Waals surface area contributed by atoms with Crippen LogP contribution in [0.3, 0.4) is 0 Å². The Bertz CT molecular complexity index is 850. The van der Waals surface area contributed by atoms with Gasteiger partial charge in [-0.25, -0.2) is 0 Å². The van der Waals surface area contributed by atoms with Gasteiger partial charge in [0.15, 0.2) is 0 Å². The highest BCUT2D eigenvalue weighted by molar-refractivity contribution is 5.88. The lowest BCUT2D eigenvalue weighted by Crippen LogP contribution is -2.48. The summed E-state index contributed by atoms with van der Waals surface area (Å²) in [6.07, 6.45) is 5.34. The second-order valence-corrected chi connectivity index (χ2v) is 8.90. The third kappa shape index (κ3) is 4.39. The van der Waals surface area contributed by atoms with E-state index in [2.05, 4.69) is 72.6 Å². The number of anilines is 1. The summed E-state index contributed by atoms with van der Waals surface area (Å²) in [5.41, 5.74) is 4.23. The quantitative estimate of drug-likeness (QED) is 0.767. The molecule has 2 aliphatic heterocycles. The molecule has 30 heavy (non-hydrogen) atoms. The number of hydrogen-bond donors (Lipinski definition) is 1. The molecule has 2 heterocycles. The molecule has 2 aliphatic rings. The minimum Gasteiger partial charge on any atom is -0.381 e. The van der Waals surface area contributed by atoms with Gasteiger partial charge in [-0.3, -0.25) is 4.79 Å². The van der Waals surface area contributed by atoms with E-state index in [1.165, 1.54) is 30.5 Å². The molecule has 160 valence electrons. The van der Waals surface area contributed by atoms with Crippen LogP contribution in [-0.4, -0.2) is 32.2 Å². The Labute approximate surface area is 180 Å². The van der Waals surface area contributed by atoms with E-state index in [1.807, 2.05) is 0 Å². The molecule has 4 rings (SSSR count). The van der Waals surface area contributed by atoms with Crippen LogP contribution in [0.15, 0.2) is 48.5 Å². The Morgan fingerprint density at radius 3 is 2.40 bits per heavy atom. The van der Waals surface area contributed by atoms with Crippen molar-refractivity contribution in [1.29, 1.82) is 0 Å². The highest BCUT2D eigenvalue weighted by Crippen LogP contribution is 2.36. The van der Waals surface area contributed by atoms with Gasteiger partial charge in [0.1, 0.15) is 0 Å². The summed E-state index contributed by atoms with van der Waals surface area (Å²) >= 11 is 0. The Morgan fingerprint density at radius 2 is 1.73 bits per heavy atom. The third-order valence-corrected chi connectivity index (χ3v) is 6.81. The monoisotopic (exact) mass is 406 g/mol. The predicted octanol–water partition coefficient (Wildman–Crippen LogP) is 4.91. The zero-order valence-corrected chi connectivity index (χ0v) is 18.3. The second-order valence-electron chi connectivity index (χ2n) is 8.90. The van der Waals surface area contributed by atoms with Crippen LogP contribution in [0.25, 0.3) is 0 Å². The maximum atomic E-state index is 13.6. The largest absolute Gasteiger partial charge is 0.381 e. The first-order chi connectivity index (χ1) is 14.6. The zero-order chi connectivity index (χ0) is 21.0. The number of amides is 1. The van der Waals surface area contributed by atoms with E-state index in [-0.39, 0.29) is 11.9 Å². The minimum atomic E-state index is -0.508. The number of rotatable bonds is 5. The highest BCUT2D eigenvalue weighted by Gasteiger charge is 2.42. The van der Waals surface area contributed by atoms with Crippen molar-refractivity contribution in [3.05, 3.63) is 65.2 Å². The molecule has 1 atom stereocenters. The summed E-state index contributed by atoms with van der Waals surface area (Å²) in [5, 5.41) is 3.32. The van der Waals surface area contributed by atoms with Crippen LogP contribution in [0, 0.1) is 6.92 Å².